The summed E-state index contributed by atoms with van der Waals surface area (Å²) in [5, 5.41) is 17.0. The highest BCUT2D eigenvalue weighted by atomic mass is 32.1. The molecule has 0 saturated carbocycles. The number of imidazole rings is 2. The molecular weight excluding hydrogens is 464 g/mol. The molecule has 2 rings (SSSR count). The van der Waals surface area contributed by atoms with E-state index < -0.39 is 47.9 Å². The zero-order chi connectivity index (χ0) is 25.3. The molecule has 2 aromatic heterocycles. The quantitative estimate of drug-likeness (QED) is 0.151. The summed E-state index contributed by atoms with van der Waals surface area (Å²) in [7, 11) is 0. The third-order valence-corrected chi connectivity index (χ3v) is 5.35. The van der Waals surface area contributed by atoms with Gasteiger partial charge >= 0.3 is 5.97 Å². The maximum absolute atomic E-state index is 12.9. The number of aromatic amines is 2. The van der Waals surface area contributed by atoms with Gasteiger partial charge in [0.1, 0.15) is 18.1 Å². The Labute approximate surface area is 201 Å². The highest BCUT2D eigenvalue weighted by molar-refractivity contribution is 7.80. The smallest absolute Gasteiger partial charge is 0.326 e. The van der Waals surface area contributed by atoms with E-state index in [2.05, 4.69) is 48.5 Å². The van der Waals surface area contributed by atoms with Gasteiger partial charge in [0.2, 0.25) is 17.7 Å². The first-order valence-electron chi connectivity index (χ1n) is 10.6. The van der Waals surface area contributed by atoms with Crippen LogP contribution in [0.3, 0.4) is 0 Å². The van der Waals surface area contributed by atoms with Crippen molar-refractivity contribution in [3.8, 4) is 0 Å². The van der Waals surface area contributed by atoms with E-state index in [4.69, 9.17) is 5.73 Å². The topological polar surface area (TPSA) is 208 Å². The van der Waals surface area contributed by atoms with Gasteiger partial charge in [-0.15, -0.1) is 0 Å². The van der Waals surface area contributed by atoms with Gasteiger partial charge in [0.25, 0.3) is 0 Å². The van der Waals surface area contributed by atoms with E-state index in [1.807, 2.05) is 0 Å². The van der Waals surface area contributed by atoms with Crippen LogP contribution in [0.1, 0.15) is 25.2 Å². The number of aromatic nitrogens is 4. The van der Waals surface area contributed by atoms with E-state index in [0.717, 1.165) is 0 Å². The zero-order valence-corrected chi connectivity index (χ0v) is 19.7. The van der Waals surface area contributed by atoms with Crippen molar-refractivity contribution in [2.24, 2.45) is 11.7 Å². The second-order valence-corrected chi connectivity index (χ2v) is 8.41. The largest absolute Gasteiger partial charge is 0.480 e. The minimum atomic E-state index is -1.24. The lowest BCUT2D eigenvalue weighted by atomic mass is 10.0. The number of nitrogens with zero attached hydrogens (tertiary/aromatic N) is 2. The van der Waals surface area contributed by atoms with E-state index in [1.54, 1.807) is 20.0 Å². The summed E-state index contributed by atoms with van der Waals surface area (Å²) in [4.78, 5) is 63.0. The van der Waals surface area contributed by atoms with Gasteiger partial charge in [-0.3, -0.25) is 14.4 Å². The Morgan fingerprint density at radius 2 is 1.50 bits per heavy atom. The van der Waals surface area contributed by atoms with Gasteiger partial charge in [0, 0.05) is 42.4 Å². The van der Waals surface area contributed by atoms with Crippen molar-refractivity contribution in [1.82, 2.24) is 35.9 Å². The second kappa shape index (κ2) is 12.7. The number of aliphatic carboxylic acids is 1. The Balaban J connectivity index is 1.99. The number of nitrogens with two attached hydrogens (primary N) is 1. The van der Waals surface area contributed by atoms with Crippen molar-refractivity contribution in [1.29, 1.82) is 0 Å². The van der Waals surface area contributed by atoms with Crippen LogP contribution in [0.2, 0.25) is 0 Å². The first-order chi connectivity index (χ1) is 16.1. The molecule has 0 aliphatic carbocycles. The fourth-order valence-electron chi connectivity index (χ4n) is 3.07. The Bertz CT molecular complexity index is 950. The number of carbonyl (C=O) groups is 4. The first-order valence-corrected chi connectivity index (χ1v) is 11.2. The molecule has 186 valence electrons. The van der Waals surface area contributed by atoms with Crippen LogP contribution in [0.5, 0.6) is 0 Å². The molecule has 3 amide bonds. The Morgan fingerprint density at radius 3 is 1.97 bits per heavy atom. The van der Waals surface area contributed by atoms with Crippen LogP contribution in [0.4, 0.5) is 0 Å². The minimum Gasteiger partial charge on any atom is -0.480 e. The predicted octanol–water partition coefficient (Wildman–Crippen LogP) is -1.63. The number of H-pyrrole nitrogens is 2. The number of carboxylic acid groups (broad SMARTS) is 1. The molecule has 2 heterocycles. The molecule has 4 unspecified atom stereocenters. The van der Waals surface area contributed by atoms with Crippen molar-refractivity contribution < 1.29 is 24.3 Å². The first kappa shape index (κ1) is 26.9. The summed E-state index contributed by atoms with van der Waals surface area (Å²) in [6, 6.07) is -4.27. The fraction of sp³-hybridized carbons (Fsp3) is 0.500. The average Bonchev–Trinajstić information content (AvgIpc) is 3.48. The minimum absolute atomic E-state index is 0.0206. The summed E-state index contributed by atoms with van der Waals surface area (Å²) in [5.74, 6) is -3.54. The lowest BCUT2D eigenvalue weighted by molar-refractivity contribution is -0.142. The summed E-state index contributed by atoms with van der Waals surface area (Å²) in [5.41, 5.74) is 7.13. The zero-order valence-electron chi connectivity index (χ0n) is 18.8. The molecular formula is C20H30N8O5S. The number of amides is 3. The molecule has 0 saturated heterocycles. The molecule has 14 heteroatoms. The van der Waals surface area contributed by atoms with Gasteiger partial charge < -0.3 is 36.8 Å². The van der Waals surface area contributed by atoms with E-state index in [-0.39, 0.29) is 24.5 Å². The molecule has 0 aliphatic rings. The summed E-state index contributed by atoms with van der Waals surface area (Å²) in [6.07, 6.45) is 6.05. The summed E-state index contributed by atoms with van der Waals surface area (Å²) >= 11 is 4.11. The highest BCUT2D eigenvalue weighted by Crippen LogP contribution is 2.06. The van der Waals surface area contributed by atoms with Gasteiger partial charge in [0.05, 0.1) is 18.7 Å². The Hall–Kier alpha value is -3.39. The van der Waals surface area contributed by atoms with E-state index in [1.165, 1.54) is 18.9 Å². The molecule has 0 radical (unpaired) electrons. The molecule has 0 fully saturated rings. The molecule has 2 aromatic rings. The SMILES string of the molecule is CC(C)C(NC(=O)C(N)Cc1cnc[nH]1)C(=O)NC(CS)C(=O)NC(Cc1cnc[nH]1)C(=O)O. The van der Waals surface area contributed by atoms with Crippen LogP contribution in [0.25, 0.3) is 0 Å². The molecule has 0 spiro atoms. The van der Waals surface area contributed by atoms with Gasteiger partial charge in [0.15, 0.2) is 0 Å². The molecule has 0 aromatic carbocycles. The molecule has 0 bridgehead atoms. The van der Waals surface area contributed by atoms with Crippen molar-refractivity contribution in [2.75, 3.05) is 5.75 Å². The summed E-state index contributed by atoms with van der Waals surface area (Å²) in [6.45, 7) is 3.46. The van der Waals surface area contributed by atoms with Gasteiger partial charge in [-0.25, -0.2) is 14.8 Å². The molecule has 4 atom stereocenters. The van der Waals surface area contributed by atoms with Crippen molar-refractivity contribution in [3.05, 3.63) is 36.4 Å². The van der Waals surface area contributed by atoms with Crippen LogP contribution >= 0.6 is 12.6 Å². The molecule has 34 heavy (non-hydrogen) atoms. The molecule has 13 nitrogen and oxygen atoms in total. The number of rotatable bonds is 13. The number of thiol groups is 1. The van der Waals surface area contributed by atoms with Gasteiger partial charge in [-0.1, -0.05) is 13.8 Å². The van der Waals surface area contributed by atoms with Crippen LogP contribution < -0.4 is 21.7 Å². The molecule has 0 aliphatic heterocycles. The van der Waals surface area contributed by atoms with Gasteiger partial charge in [-0.2, -0.15) is 12.6 Å². The standard InChI is InChI=1S/C20H30N8O5S/c1-10(2)16(28-17(29)13(21)3-11-5-22-8-24-11)19(31)27-15(7-34)18(30)26-14(20(32)33)4-12-6-23-9-25-12/h5-6,8-10,13-16,34H,3-4,7,21H2,1-2H3,(H,22,24)(H,23,25)(H,26,30)(H,27,31)(H,28,29)(H,32,33). The number of carbonyl (C=O) groups excluding carboxylic acids is 3. The van der Waals surface area contributed by atoms with E-state index in [0.29, 0.717) is 11.4 Å². The monoisotopic (exact) mass is 494 g/mol. The lowest BCUT2D eigenvalue weighted by Crippen LogP contribution is -2.59. The van der Waals surface area contributed by atoms with Crippen molar-refractivity contribution in [2.45, 2.75) is 50.9 Å². The van der Waals surface area contributed by atoms with E-state index >= 15 is 0 Å². The average molecular weight is 495 g/mol. The number of hydrogen-bond donors (Lipinski definition) is 8. The third kappa shape index (κ3) is 7.88. The Kier molecular flexibility index (Phi) is 10.1. The van der Waals surface area contributed by atoms with Crippen molar-refractivity contribution in [3.63, 3.8) is 0 Å². The lowest BCUT2D eigenvalue weighted by Gasteiger charge is -2.26. The third-order valence-electron chi connectivity index (χ3n) is 4.99. The second-order valence-electron chi connectivity index (χ2n) is 8.04. The molecule has 8 N–H and O–H groups in total. The van der Waals surface area contributed by atoms with Crippen LogP contribution in [-0.2, 0) is 32.0 Å². The van der Waals surface area contributed by atoms with E-state index in [9.17, 15) is 24.3 Å². The van der Waals surface area contributed by atoms with Crippen molar-refractivity contribution >= 4 is 36.3 Å². The number of hydrogen-bond acceptors (Lipinski definition) is 8. The van der Waals surface area contributed by atoms with Crippen LogP contribution in [0.15, 0.2) is 25.0 Å². The maximum Gasteiger partial charge on any atom is 0.326 e. The Morgan fingerprint density at radius 1 is 0.941 bits per heavy atom. The summed E-state index contributed by atoms with van der Waals surface area (Å²) < 4.78 is 0. The van der Waals surface area contributed by atoms with Crippen LogP contribution in [0, 0.1) is 5.92 Å². The number of carboxylic acids is 1. The maximum atomic E-state index is 12.9. The van der Waals surface area contributed by atoms with Crippen LogP contribution in [-0.4, -0.2) is 78.7 Å². The highest BCUT2D eigenvalue weighted by Gasteiger charge is 2.31. The normalized spacial score (nSPS) is 14.6. The predicted molar refractivity (Wildman–Crippen MR) is 125 cm³/mol. The number of nitrogens with one attached hydrogen (secondary N) is 5. The van der Waals surface area contributed by atoms with Gasteiger partial charge in [-0.05, 0) is 5.92 Å². The fourth-order valence-corrected chi connectivity index (χ4v) is 3.32.